The molecule has 0 atom stereocenters. The van der Waals surface area contributed by atoms with Gasteiger partial charge in [-0.15, -0.1) is 11.3 Å². The van der Waals surface area contributed by atoms with E-state index in [1.165, 1.54) is 23.5 Å². The summed E-state index contributed by atoms with van der Waals surface area (Å²) in [4.78, 5) is 27.2. The molecule has 0 unspecified atom stereocenters. The average Bonchev–Trinajstić information content (AvgIpc) is 2.97. The van der Waals surface area contributed by atoms with Crippen LogP contribution in [0.15, 0.2) is 29.9 Å². The Kier molecular flexibility index (Phi) is 4.26. The van der Waals surface area contributed by atoms with E-state index in [0.29, 0.717) is 12.2 Å². The highest BCUT2D eigenvalue weighted by Crippen LogP contribution is 2.22. The van der Waals surface area contributed by atoms with Gasteiger partial charge in [0.15, 0.2) is 0 Å². The molecule has 2 aromatic rings. The van der Waals surface area contributed by atoms with Gasteiger partial charge in [0.2, 0.25) is 0 Å². The second-order valence-electron chi connectivity index (χ2n) is 3.89. The topological polar surface area (TPSA) is 97.2 Å². The summed E-state index contributed by atoms with van der Waals surface area (Å²) in [7, 11) is 1.68. The standard InChI is InChI=1S/C12H12N4O3S/c1-13-8-2-3-11(16(18)19)10(4-8)12(17)15-6-9-5-14-7-20-9/h2-5,7,13H,6H2,1H3,(H,15,17). The van der Waals surface area contributed by atoms with Gasteiger partial charge >= 0.3 is 0 Å². The third kappa shape index (κ3) is 3.09. The maximum atomic E-state index is 12.1. The van der Waals surface area contributed by atoms with E-state index in [4.69, 9.17) is 0 Å². The zero-order valence-corrected chi connectivity index (χ0v) is 11.4. The smallest absolute Gasteiger partial charge is 0.282 e. The Bertz CT molecular complexity index is 628. The third-order valence-electron chi connectivity index (χ3n) is 2.63. The molecule has 2 rings (SSSR count). The molecule has 0 fully saturated rings. The summed E-state index contributed by atoms with van der Waals surface area (Å²) in [6.45, 7) is 0.296. The van der Waals surface area contributed by atoms with Gasteiger partial charge in [0, 0.05) is 29.9 Å². The van der Waals surface area contributed by atoms with Crippen LogP contribution in [0.5, 0.6) is 0 Å². The van der Waals surface area contributed by atoms with Gasteiger partial charge in [-0.25, -0.2) is 0 Å². The molecule has 1 amide bonds. The molecular formula is C12H12N4O3S. The number of aromatic nitrogens is 1. The van der Waals surface area contributed by atoms with Crippen molar-refractivity contribution in [1.82, 2.24) is 10.3 Å². The molecular weight excluding hydrogens is 280 g/mol. The Labute approximate surface area is 118 Å². The fourth-order valence-corrected chi connectivity index (χ4v) is 2.16. The molecule has 1 heterocycles. The van der Waals surface area contributed by atoms with E-state index in [-0.39, 0.29) is 11.3 Å². The van der Waals surface area contributed by atoms with E-state index < -0.39 is 10.8 Å². The van der Waals surface area contributed by atoms with Crippen LogP contribution in [0.1, 0.15) is 15.2 Å². The molecule has 0 radical (unpaired) electrons. The van der Waals surface area contributed by atoms with Crippen molar-refractivity contribution in [2.75, 3.05) is 12.4 Å². The first-order chi connectivity index (χ1) is 9.61. The van der Waals surface area contributed by atoms with E-state index in [9.17, 15) is 14.9 Å². The SMILES string of the molecule is CNc1ccc([N+](=O)[O-])c(C(=O)NCc2cncs2)c1. The summed E-state index contributed by atoms with van der Waals surface area (Å²) in [6, 6.07) is 4.33. The van der Waals surface area contributed by atoms with Crippen molar-refractivity contribution in [3.05, 3.63) is 50.5 Å². The van der Waals surface area contributed by atoms with Crippen LogP contribution in [0.4, 0.5) is 11.4 Å². The number of carbonyl (C=O) groups excluding carboxylic acids is 1. The predicted molar refractivity (Wildman–Crippen MR) is 75.9 cm³/mol. The third-order valence-corrected chi connectivity index (χ3v) is 3.41. The summed E-state index contributed by atoms with van der Waals surface area (Å²) in [5, 5.41) is 16.5. The molecule has 0 aliphatic rings. The van der Waals surface area contributed by atoms with Gasteiger partial charge in [-0.3, -0.25) is 19.9 Å². The lowest BCUT2D eigenvalue weighted by molar-refractivity contribution is -0.385. The number of hydrogen-bond donors (Lipinski definition) is 2. The summed E-state index contributed by atoms with van der Waals surface area (Å²) in [5.74, 6) is -0.484. The molecule has 1 aromatic heterocycles. The number of benzene rings is 1. The molecule has 0 aliphatic heterocycles. The number of carbonyl (C=O) groups is 1. The van der Waals surface area contributed by atoms with Crippen molar-refractivity contribution in [2.24, 2.45) is 0 Å². The van der Waals surface area contributed by atoms with E-state index in [0.717, 1.165) is 4.88 Å². The van der Waals surface area contributed by atoms with Gasteiger partial charge in [0.25, 0.3) is 11.6 Å². The number of nitrogens with zero attached hydrogens (tertiary/aromatic N) is 2. The Balaban J connectivity index is 2.20. The molecule has 0 aliphatic carbocycles. The molecule has 0 saturated carbocycles. The molecule has 0 bridgehead atoms. The first kappa shape index (κ1) is 13.9. The highest BCUT2D eigenvalue weighted by molar-refractivity contribution is 7.09. The summed E-state index contributed by atoms with van der Waals surface area (Å²) >= 11 is 1.41. The lowest BCUT2D eigenvalue weighted by Crippen LogP contribution is -2.23. The molecule has 8 heteroatoms. The molecule has 104 valence electrons. The number of anilines is 1. The van der Waals surface area contributed by atoms with Crippen molar-refractivity contribution < 1.29 is 9.72 Å². The van der Waals surface area contributed by atoms with Crippen LogP contribution in [0.3, 0.4) is 0 Å². The molecule has 0 spiro atoms. The van der Waals surface area contributed by atoms with Crippen LogP contribution in [0.25, 0.3) is 0 Å². The van der Waals surface area contributed by atoms with Crippen molar-refractivity contribution in [3.63, 3.8) is 0 Å². The Morgan fingerprint density at radius 3 is 2.90 bits per heavy atom. The fraction of sp³-hybridized carbons (Fsp3) is 0.167. The van der Waals surface area contributed by atoms with E-state index in [1.54, 1.807) is 24.8 Å². The van der Waals surface area contributed by atoms with Crippen molar-refractivity contribution >= 4 is 28.6 Å². The Hall–Kier alpha value is -2.48. The summed E-state index contributed by atoms with van der Waals surface area (Å²) in [5.41, 5.74) is 2.11. The second kappa shape index (κ2) is 6.11. The summed E-state index contributed by atoms with van der Waals surface area (Å²) < 4.78 is 0. The van der Waals surface area contributed by atoms with Gasteiger partial charge in [-0.1, -0.05) is 0 Å². The number of nitro groups is 1. The van der Waals surface area contributed by atoms with Crippen molar-refractivity contribution in [2.45, 2.75) is 6.54 Å². The lowest BCUT2D eigenvalue weighted by atomic mass is 10.1. The largest absolute Gasteiger partial charge is 0.388 e. The number of nitro benzene ring substituents is 1. The average molecular weight is 292 g/mol. The quantitative estimate of drug-likeness (QED) is 0.649. The number of amides is 1. The number of hydrogen-bond acceptors (Lipinski definition) is 6. The van der Waals surface area contributed by atoms with Gasteiger partial charge in [0.1, 0.15) is 5.56 Å². The zero-order chi connectivity index (χ0) is 14.5. The minimum absolute atomic E-state index is 0.0337. The van der Waals surface area contributed by atoms with E-state index in [2.05, 4.69) is 15.6 Å². The monoisotopic (exact) mass is 292 g/mol. The first-order valence-corrected chi connectivity index (χ1v) is 6.61. The minimum atomic E-state index is -0.568. The molecule has 2 N–H and O–H groups in total. The normalized spacial score (nSPS) is 10.1. The number of thiazole rings is 1. The van der Waals surface area contributed by atoms with Crippen molar-refractivity contribution in [3.8, 4) is 0 Å². The van der Waals surface area contributed by atoms with Crippen LogP contribution in [0.2, 0.25) is 0 Å². The lowest BCUT2D eigenvalue weighted by Gasteiger charge is -2.07. The number of nitrogens with one attached hydrogen (secondary N) is 2. The first-order valence-electron chi connectivity index (χ1n) is 5.73. The maximum Gasteiger partial charge on any atom is 0.282 e. The summed E-state index contributed by atoms with van der Waals surface area (Å²) in [6.07, 6.45) is 1.64. The minimum Gasteiger partial charge on any atom is -0.388 e. The maximum absolute atomic E-state index is 12.1. The molecule has 1 aromatic carbocycles. The van der Waals surface area contributed by atoms with Gasteiger partial charge in [0.05, 0.1) is 17.0 Å². The zero-order valence-electron chi connectivity index (χ0n) is 10.6. The van der Waals surface area contributed by atoms with Crippen LogP contribution < -0.4 is 10.6 Å². The second-order valence-corrected chi connectivity index (χ2v) is 4.86. The Morgan fingerprint density at radius 2 is 2.30 bits per heavy atom. The van der Waals surface area contributed by atoms with Gasteiger partial charge in [-0.05, 0) is 12.1 Å². The van der Waals surface area contributed by atoms with Crippen LogP contribution in [-0.2, 0) is 6.54 Å². The van der Waals surface area contributed by atoms with Crippen LogP contribution in [-0.4, -0.2) is 22.9 Å². The highest BCUT2D eigenvalue weighted by atomic mass is 32.1. The van der Waals surface area contributed by atoms with Gasteiger partial charge in [-0.2, -0.15) is 0 Å². The fourth-order valence-electron chi connectivity index (χ4n) is 1.62. The molecule has 7 nitrogen and oxygen atoms in total. The Morgan fingerprint density at radius 1 is 1.50 bits per heavy atom. The number of rotatable bonds is 5. The predicted octanol–water partition coefficient (Wildman–Crippen LogP) is 2.02. The van der Waals surface area contributed by atoms with Crippen molar-refractivity contribution in [1.29, 1.82) is 0 Å². The highest BCUT2D eigenvalue weighted by Gasteiger charge is 2.20. The molecule has 20 heavy (non-hydrogen) atoms. The van der Waals surface area contributed by atoms with E-state index in [1.807, 2.05) is 0 Å². The molecule has 0 saturated heterocycles. The van der Waals surface area contributed by atoms with E-state index >= 15 is 0 Å². The van der Waals surface area contributed by atoms with Crippen LogP contribution in [0, 0.1) is 10.1 Å². The van der Waals surface area contributed by atoms with Gasteiger partial charge < -0.3 is 10.6 Å². The van der Waals surface area contributed by atoms with Crippen LogP contribution >= 0.6 is 11.3 Å².